The lowest BCUT2D eigenvalue weighted by atomic mass is 9.93. The average Bonchev–Trinajstić information content (AvgIpc) is 3.59. The summed E-state index contributed by atoms with van der Waals surface area (Å²) >= 11 is 0. The van der Waals surface area contributed by atoms with E-state index in [1.54, 1.807) is 61.3 Å². The molecule has 1 amide bonds. The number of alkyl halides is 3. The number of aromatic nitrogens is 1. The summed E-state index contributed by atoms with van der Waals surface area (Å²) in [5, 5.41) is 11.4. The molecule has 3 atom stereocenters. The van der Waals surface area contributed by atoms with E-state index in [2.05, 4.69) is 10.3 Å². The van der Waals surface area contributed by atoms with E-state index in [9.17, 15) is 31.2 Å². The fraction of sp³-hybridized carbons (Fsp3) is 0.385. The number of hydrogen-bond donors (Lipinski definition) is 3. The lowest BCUT2D eigenvalue weighted by molar-refractivity contribution is -0.192. The summed E-state index contributed by atoms with van der Waals surface area (Å²) in [6.45, 7) is 9.50. The van der Waals surface area contributed by atoms with E-state index in [1.807, 2.05) is 45.0 Å². The molecule has 1 aliphatic heterocycles. The number of rotatable bonds is 12. The number of carbonyl (C=O) groups is 3. The number of aliphatic carboxylic acids is 1. The minimum Gasteiger partial charge on any atom is -0.490 e. The first kappa shape index (κ1) is 43.2. The molecule has 17 heteroatoms. The fourth-order valence-electron chi connectivity index (χ4n) is 6.30. The molecular weight excluding hydrogens is 758 g/mol. The van der Waals surface area contributed by atoms with Gasteiger partial charge in [0.1, 0.15) is 11.9 Å². The van der Waals surface area contributed by atoms with E-state index in [1.165, 1.54) is 13.2 Å². The van der Waals surface area contributed by atoms with Crippen LogP contribution >= 0.6 is 0 Å². The van der Waals surface area contributed by atoms with Crippen LogP contribution in [0.5, 0.6) is 11.5 Å². The van der Waals surface area contributed by atoms with Gasteiger partial charge in [0.15, 0.2) is 21.3 Å². The Morgan fingerprint density at radius 2 is 1.70 bits per heavy atom. The molecule has 1 fully saturated rings. The van der Waals surface area contributed by atoms with Crippen LogP contribution in [-0.2, 0) is 29.0 Å². The molecule has 4 N–H and O–H groups in total. The average molecular weight is 803 g/mol. The number of nitrogens with two attached hydrogens (primary N) is 1. The highest BCUT2D eigenvalue weighted by molar-refractivity contribution is 7.92. The van der Waals surface area contributed by atoms with E-state index >= 15 is 0 Å². The van der Waals surface area contributed by atoms with Gasteiger partial charge in [-0.3, -0.25) is 9.59 Å². The zero-order valence-corrected chi connectivity index (χ0v) is 32.5. The maximum absolute atomic E-state index is 15.0. The minimum absolute atomic E-state index is 0.0858. The maximum Gasteiger partial charge on any atom is 0.490 e. The number of fused-ring (bicyclic) bond motifs is 1. The molecule has 2 heterocycles. The molecule has 13 nitrogen and oxygen atoms in total. The number of halogens is 3. The van der Waals surface area contributed by atoms with Gasteiger partial charge in [0.25, 0.3) is 0 Å². The van der Waals surface area contributed by atoms with E-state index in [0.717, 1.165) is 10.8 Å². The van der Waals surface area contributed by atoms with Crippen LogP contribution < -0.4 is 20.5 Å². The largest absolute Gasteiger partial charge is 0.490 e. The van der Waals surface area contributed by atoms with Crippen LogP contribution in [0.2, 0.25) is 0 Å². The number of amides is 1. The van der Waals surface area contributed by atoms with Gasteiger partial charge in [0.2, 0.25) is 5.91 Å². The molecule has 1 saturated heterocycles. The number of benzene rings is 3. The summed E-state index contributed by atoms with van der Waals surface area (Å²) in [5.74, 6) is -3.01. The molecule has 0 bridgehead atoms. The summed E-state index contributed by atoms with van der Waals surface area (Å²) in [6, 6.07) is 17.4. The van der Waals surface area contributed by atoms with Gasteiger partial charge in [-0.05, 0) is 100 Å². The van der Waals surface area contributed by atoms with Crippen molar-refractivity contribution >= 4 is 50.0 Å². The summed E-state index contributed by atoms with van der Waals surface area (Å²) < 4.78 is 76.1. The third-order valence-corrected chi connectivity index (χ3v) is 11.1. The van der Waals surface area contributed by atoms with Crippen molar-refractivity contribution in [1.82, 2.24) is 9.88 Å². The normalized spacial score (nSPS) is 16.2. The van der Waals surface area contributed by atoms with Crippen LogP contribution in [0.15, 0.2) is 77.8 Å². The number of esters is 1. The Labute approximate surface area is 322 Å². The molecule has 5 rings (SSSR count). The molecule has 0 aliphatic carbocycles. The first-order valence-corrected chi connectivity index (χ1v) is 19.2. The van der Waals surface area contributed by atoms with E-state index in [4.69, 9.17) is 29.8 Å². The number of pyridine rings is 1. The lowest BCUT2D eigenvalue weighted by Gasteiger charge is -2.33. The second-order valence-corrected chi connectivity index (χ2v) is 15.8. The highest BCUT2D eigenvalue weighted by Gasteiger charge is 2.46. The molecule has 0 unspecified atom stereocenters. The number of hydrogen-bond acceptors (Lipinski definition) is 11. The van der Waals surface area contributed by atoms with Crippen molar-refractivity contribution in [2.75, 3.05) is 31.3 Å². The van der Waals surface area contributed by atoms with Gasteiger partial charge in [-0.2, -0.15) is 13.2 Å². The summed E-state index contributed by atoms with van der Waals surface area (Å²) in [7, 11) is -2.48. The topological polar surface area (TPSA) is 187 Å². The number of sulfone groups is 1. The SMILES string of the molecule is CCOc1cc([C@@H](Nc2ccc3c(N)nccc3c2)C(=O)N2CC[C@H](C(=O)OC)[C@@H]2c2ccccc2S(=O)(=O)C(C)C)ccc1OC(C)C.O=C(O)C(F)(F)F. The summed E-state index contributed by atoms with van der Waals surface area (Å²) in [4.78, 5) is 43.0. The molecule has 0 radical (unpaired) electrons. The Balaban J connectivity index is 0.000000908. The number of carboxylic acids is 1. The van der Waals surface area contributed by atoms with Crippen molar-refractivity contribution in [3.63, 3.8) is 0 Å². The number of nitrogens with one attached hydrogen (secondary N) is 1. The van der Waals surface area contributed by atoms with E-state index in [0.29, 0.717) is 47.2 Å². The molecule has 56 heavy (non-hydrogen) atoms. The van der Waals surface area contributed by atoms with Crippen LogP contribution in [0, 0.1) is 5.92 Å². The van der Waals surface area contributed by atoms with Crippen molar-refractivity contribution in [3.05, 3.63) is 84.1 Å². The second-order valence-electron chi connectivity index (χ2n) is 13.3. The predicted molar refractivity (Wildman–Crippen MR) is 203 cm³/mol. The Hall–Kier alpha value is -5.58. The molecule has 4 aromatic rings. The number of carboxylic acid groups (broad SMARTS) is 1. The third-order valence-electron chi connectivity index (χ3n) is 8.91. The molecular formula is C39H45F3N4O9S. The molecule has 1 aliphatic rings. The number of nitrogens with zero attached hydrogens (tertiary/aromatic N) is 2. The number of nitrogen functional groups attached to an aromatic ring is 1. The van der Waals surface area contributed by atoms with Crippen molar-refractivity contribution in [2.45, 2.75) is 75.5 Å². The smallest absolute Gasteiger partial charge is 0.490 e. The standard InChI is InChI=1S/C37H44N4O7S.C2HF3O2/c1-7-47-31-21-25(12-15-30(31)48-22(2)3)33(40-26-13-14-27-24(20-26)16-18-39-35(27)38)36(42)41-19-17-29(37(43)46-6)34(41)28-10-8-9-11-32(28)49(44,45)23(4)5;3-2(4,5)1(6)7/h8-16,18,20-23,29,33-34,40H,7,17,19H2,1-6H3,(H2,38,39);(H,6,7)/t29-,33+,34-;/m0./s1. The Morgan fingerprint density at radius 1 is 1.02 bits per heavy atom. The molecule has 0 spiro atoms. The Morgan fingerprint density at radius 3 is 2.30 bits per heavy atom. The Bertz CT molecular complexity index is 2160. The molecule has 0 saturated carbocycles. The predicted octanol–water partition coefficient (Wildman–Crippen LogP) is 6.73. The third kappa shape index (κ3) is 9.80. The van der Waals surface area contributed by atoms with Crippen LogP contribution in [0.1, 0.15) is 64.3 Å². The molecule has 3 aromatic carbocycles. The monoisotopic (exact) mass is 802 g/mol. The van der Waals surface area contributed by atoms with Crippen molar-refractivity contribution < 1.29 is 55.3 Å². The fourth-order valence-corrected chi connectivity index (χ4v) is 7.59. The van der Waals surface area contributed by atoms with Gasteiger partial charge < -0.3 is 35.3 Å². The number of carbonyl (C=O) groups excluding carboxylic acids is 2. The number of likely N-dealkylation sites (tertiary alicyclic amines) is 1. The second kappa shape index (κ2) is 17.9. The van der Waals surface area contributed by atoms with Crippen LogP contribution in [0.3, 0.4) is 0 Å². The quantitative estimate of drug-likeness (QED) is 0.128. The maximum atomic E-state index is 15.0. The zero-order valence-electron chi connectivity index (χ0n) is 31.7. The lowest BCUT2D eigenvalue weighted by Crippen LogP contribution is -2.40. The van der Waals surface area contributed by atoms with Crippen LogP contribution in [0.4, 0.5) is 24.7 Å². The van der Waals surface area contributed by atoms with Gasteiger partial charge in [-0.25, -0.2) is 18.2 Å². The zero-order chi connectivity index (χ0) is 41.5. The van der Waals surface area contributed by atoms with Crippen molar-refractivity contribution in [3.8, 4) is 11.5 Å². The number of anilines is 2. The van der Waals surface area contributed by atoms with Crippen molar-refractivity contribution in [1.29, 1.82) is 0 Å². The summed E-state index contributed by atoms with van der Waals surface area (Å²) in [6.07, 6.45) is -3.28. The van der Waals surface area contributed by atoms with E-state index < -0.39 is 51.2 Å². The van der Waals surface area contributed by atoms with Gasteiger partial charge in [-0.15, -0.1) is 0 Å². The summed E-state index contributed by atoms with van der Waals surface area (Å²) in [5.41, 5.74) is 7.71. The van der Waals surface area contributed by atoms with Crippen LogP contribution in [0.25, 0.3) is 10.8 Å². The minimum atomic E-state index is -5.08. The first-order chi connectivity index (χ1) is 26.3. The number of ether oxygens (including phenoxy) is 3. The molecule has 1 aromatic heterocycles. The van der Waals surface area contributed by atoms with Gasteiger partial charge in [-0.1, -0.05) is 24.3 Å². The van der Waals surface area contributed by atoms with Gasteiger partial charge >= 0.3 is 18.1 Å². The number of methoxy groups -OCH3 is 1. The Kier molecular flexibility index (Phi) is 13.8. The first-order valence-electron chi connectivity index (χ1n) is 17.7. The van der Waals surface area contributed by atoms with Crippen LogP contribution in [-0.4, -0.2) is 79.0 Å². The van der Waals surface area contributed by atoms with Crippen molar-refractivity contribution in [2.24, 2.45) is 5.92 Å². The highest BCUT2D eigenvalue weighted by atomic mass is 32.2. The van der Waals surface area contributed by atoms with E-state index in [-0.39, 0.29) is 23.5 Å². The van der Waals surface area contributed by atoms with Gasteiger partial charge in [0, 0.05) is 23.8 Å². The molecule has 302 valence electrons. The van der Waals surface area contributed by atoms with Gasteiger partial charge in [0.05, 0.1) is 41.9 Å². The highest BCUT2D eigenvalue weighted by Crippen LogP contribution is 2.43.